The Balaban J connectivity index is 2.46. The second kappa shape index (κ2) is 5.23. The molecule has 1 aromatic heterocycles. The summed E-state index contributed by atoms with van der Waals surface area (Å²) in [5, 5.41) is 10.2. The predicted octanol–water partition coefficient (Wildman–Crippen LogP) is 1.80. The maximum Gasteiger partial charge on any atom is 0.331 e. The summed E-state index contributed by atoms with van der Waals surface area (Å²) in [7, 11) is 0. The average molecular weight is 266 g/mol. The lowest BCUT2D eigenvalue weighted by atomic mass is 9.79. The third-order valence-electron chi connectivity index (χ3n) is 4.50. The van der Waals surface area contributed by atoms with Crippen molar-refractivity contribution in [2.45, 2.75) is 52.5 Å². The van der Waals surface area contributed by atoms with E-state index in [0.29, 0.717) is 23.8 Å². The van der Waals surface area contributed by atoms with Gasteiger partial charge in [0, 0.05) is 6.04 Å². The molecule has 2 N–H and O–H groups in total. The van der Waals surface area contributed by atoms with Crippen LogP contribution in [0.3, 0.4) is 0 Å². The van der Waals surface area contributed by atoms with Gasteiger partial charge in [0.1, 0.15) is 0 Å². The molecular weight excluding hydrogens is 244 g/mol. The van der Waals surface area contributed by atoms with Crippen molar-refractivity contribution < 1.29 is 5.11 Å². The smallest absolute Gasteiger partial charge is 0.331 e. The van der Waals surface area contributed by atoms with E-state index in [1.807, 2.05) is 0 Å². The topological polar surface area (TPSA) is 75.1 Å². The molecule has 0 saturated heterocycles. The minimum Gasteiger partial charge on any atom is -0.494 e. The molecule has 1 aromatic rings. The zero-order valence-electron chi connectivity index (χ0n) is 11.8. The van der Waals surface area contributed by atoms with Gasteiger partial charge in [0.05, 0.1) is 5.56 Å². The van der Waals surface area contributed by atoms with E-state index in [2.05, 4.69) is 18.8 Å². The fourth-order valence-corrected chi connectivity index (χ4v) is 2.99. The van der Waals surface area contributed by atoms with Gasteiger partial charge in [0.15, 0.2) is 0 Å². The Morgan fingerprint density at radius 3 is 2.53 bits per heavy atom. The number of nitrogens with zero attached hydrogens (tertiary/aromatic N) is 1. The quantitative estimate of drug-likeness (QED) is 0.857. The summed E-state index contributed by atoms with van der Waals surface area (Å²) in [6.45, 7) is 6.18. The lowest BCUT2D eigenvalue weighted by Crippen LogP contribution is -2.36. The first-order valence-electron chi connectivity index (χ1n) is 7.02. The minimum atomic E-state index is -0.494. The van der Waals surface area contributed by atoms with E-state index >= 15 is 0 Å². The number of hydrogen-bond acceptors (Lipinski definition) is 3. The van der Waals surface area contributed by atoms with Gasteiger partial charge in [-0.25, -0.2) is 4.79 Å². The van der Waals surface area contributed by atoms with Gasteiger partial charge in [-0.15, -0.1) is 0 Å². The first-order valence-corrected chi connectivity index (χ1v) is 7.02. The monoisotopic (exact) mass is 266 g/mol. The van der Waals surface area contributed by atoms with Crippen molar-refractivity contribution in [1.29, 1.82) is 0 Å². The molecule has 0 spiro atoms. The molecule has 1 heterocycles. The Labute approximate surface area is 112 Å². The summed E-state index contributed by atoms with van der Waals surface area (Å²) in [5.41, 5.74) is -0.671. The van der Waals surface area contributed by atoms with Gasteiger partial charge in [-0.3, -0.25) is 14.3 Å². The van der Waals surface area contributed by atoms with E-state index in [1.54, 1.807) is 6.92 Å². The van der Waals surface area contributed by atoms with Crippen LogP contribution in [-0.2, 0) is 6.42 Å². The van der Waals surface area contributed by atoms with Crippen LogP contribution in [0.2, 0.25) is 0 Å². The highest BCUT2D eigenvalue weighted by atomic mass is 16.3. The number of aromatic amines is 1. The van der Waals surface area contributed by atoms with Gasteiger partial charge < -0.3 is 5.11 Å². The molecule has 0 radical (unpaired) electrons. The van der Waals surface area contributed by atoms with Crippen LogP contribution in [0.5, 0.6) is 5.88 Å². The van der Waals surface area contributed by atoms with E-state index in [1.165, 1.54) is 4.57 Å². The standard InChI is InChI=1S/C14H22N2O3/c1-4-11-12(17)15-14(19)16(13(11)18)10-6-5-8(2)9(3)7-10/h8-10,18H,4-7H2,1-3H3,(H,15,17,19). The third-order valence-corrected chi connectivity index (χ3v) is 4.50. The molecule has 3 unspecified atom stereocenters. The summed E-state index contributed by atoms with van der Waals surface area (Å²) >= 11 is 0. The number of aromatic hydroxyl groups is 1. The van der Waals surface area contributed by atoms with E-state index in [9.17, 15) is 14.7 Å². The van der Waals surface area contributed by atoms with Crippen molar-refractivity contribution in [3.63, 3.8) is 0 Å². The minimum absolute atomic E-state index is 0.0131. The van der Waals surface area contributed by atoms with E-state index in [0.717, 1.165) is 19.3 Å². The molecule has 3 atom stereocenters. The molecular formula is C14H22N2O3. The zero-order valence-corrected chi connectivity index (χ0v) is 11.8. The van der Waals surface area contributed by atoms with Gasteiger partial charge in [0.2, 0.25) is 5.88 Å². The van der Waals surface area contributed by atoms with Crippen LogP contribution in [-0.4, -0.2) is 14.7 Å². The van der Waals surface area contributed by atoms with Crippen LogP contribution < -0.4 is 11.2 Å². The molecule has 1 aliphatic rings. The summed E-state index contributed by atoms with van der Waals surface area (Å²) in [5.74, 6) is 1.01. The van der Waals surface area contributed by atoms with E-state index < -0.39 is 11.2 Å². The zero-order chi connectivity index (χ0) is 14.2. The summed E-state index contributed by atoms with van der Waals surface area (Å²) in [6.07, 6.45) is 3.19. The van der Waals surface area contributed by atoms with E-state index in [-0.39, 0.29) is 11.9 Å². The third kappa shape index (κ3) is 2.46. The van der Waals surface area contributed by atoms with E-state index in [4.69, 9.17) is 0 Å². The Bertz CT molecular complexity index is 573. The molecule has 0 bridgehead atoms. The van der Waals surface area contributed by atoms with Crippen molar-refractivity contribution in [3.05, 3.63) is 26.4 Å². The van der Waals surface area contributed by atoms with Crippen LogP contribution >= 0.6 is 0 Å². The Hall–Kier alpha value is -1.52. The second-order valence-electron chi connectivity index (χ2n) is 5.71. The molecule has 5 heteroatoms. The SMILES string of the molecule is CCc1c(O)n(C2CCC(C)C(C)C2)c(=O)[nH]c1=O. The normalized spacial score (nSPS) is 27.4. The lowest BCUT2D eigenvalue weighted by molar-refractivity contribution is 0.195. The van der Waals surface area contributed by atoms with Crippen LogP contribution in [0.15, 0.2) is 9.59 Å². The number of rotatable bonds is 2. The van der Waals surface area contributed by atoms with Crippen molar-refractivity contribution in [2.24, 2.45) is 11.8 Å². The Morgan fingerprint density at radius 1 is 1.26 bits per heavy atom. The molecule has 2 rings (SSSR count). The van der Waals surface area contributed by atoms with Crippen LogP contribution in [0.4, 0.5) is 0 Å². The van der Waals surface area contributed by atoms with Gasteiger partial charge in [-0.2, -0.15) is 0 Å². The van der Waals surface area contributed by atoms with Crippen molar-refractivity contribution >= 4 is 0 Å². The number of H-pyrrole nitrogens is 1. The molecule has 1 aliphatic carbocycles. The van der Waals surface area contributed by atoms with Crippen LogP contribution in [0.25, 0.3) is 0 Å². The van der Waals surface area contributed by atoms with Gasteiger partial charge in [0.25, 0.3) is 5.56 Å². The Kier molecular flexibility index (Phi) is 3.83. The average Bonchev–Trinajstić information content (AvgIpc) is 2.33. The lowest BCUT2D eigenvalue weighted by Gasteiger charge is -2.33. The number of aromatic nitrogens is 2. The maximum absolute atomic E-state index is 12.0. The fraction of sp³-hybridized carbons (Fsp3) is 0.714. The molecule has 0 aromatic carbocycles. The maximum atomic E-state index is 12.0. The summed E-state index contributed by atoms with van der Waals surface area (Å²) < 4.78 is 1.38. The highest BCUT2D eigenvalue weighted by molar-refractivity contribution is 5.23. The van der Waals surface area contributed by atoms with Gasteiger partial charge in [-0.05, 0) is 37.5 Å². The molecule has 19 heavy (non-hydrogen) atoms. The predicted molar refractivity (Wildman–Crippen MR) is 73.6 cm³/mol. The molecule has 1 saturated carbocycles. The van der Waals surface area contributed by atoms with Crippen molar-refractivity contribution in [1.82, 2.24) is 9.55 Å². The largest absolute Gasteiger partial charge is 0.494 e. The van der Waals surface area contributed by atoms with Gasteiger partial charge >= 0.3 is 5.69 Å². The molecule has 0 amide bonds. The molecule has 106 valence electrons. The number of hydrogen-bond donors (Lipinski definition) is 2. The highest BCUT2D eigenvalue weighted by Gasteiger charge is 2.28. The van der Waals surface area contributed by atoms with Crippen LogP contribution in [0, 0.1) is 11.8 Å². The summed E-state index contributed by atoms with van der Waals surface area (Å²) in [4.78, 5) is 25.9. The van der Waals surface area contributed by atoms with Crippen molar-refractivity contribution in [3.8, 4) is 5.88 Å². The second-order valence-corrected chi connectivity index (χ2v) is 5.71. The molecule has 5 nitrogen and oxygen atoms in total. The van der Waals surface area contributed by atoms with Crippen molar-refractivity contribution in [2.75, 3.05) is 0 Å². The Morgan fingerprint density at radius 2 is 1.95 bits per heavy atom. The highest BCUT2D eigenvalue weighted by Crippen LogP contribution is 2.37. The first-order chi connectivity index (χ1) is 8.95. The molecule has 0 aliphatic heterocycles. The molecule has 1 fully saturated rings. The number of nitrogens with one attached hydrogen (secondary N) is 1. The van der Waals surface area contributed by atoms with Gasteiger partial charge in [-0.1, -0.05) is 20.8 Å². The van der Waals surface area contributed by atoms with Crippen LogP contribution in [0.1, 0.15) is 51.6 Å². The summed E-state index contributed by atoms with van der Waals surface area (Å²) in [6, 6.07) is -0.0131. The fourth-order valence-electron chi connectivity index (χ4n) is 2.99. The first kappa shape index (κ1) is 13.9.